The first-order chi connectivity index (χ1) is 10.2. The van der Waals surface area contributed by atoms with Crippen molar-refractivity contribution in [2.45, 2.75) is 6.54 Å². The lowest BCUT2D eigenvalue weighted by Crippen LogP contribution is -2.03. The Bertz CT molecular complexity index is 680. The summed E-state index contributed by atoms with van der Waals surface area (Å²) < 4.78 is 11.6. The van der Waals surface area contributed by atoms with Crippen molar-refractivity contribution < 1.29 is 9.47 Å². The number of halogens is 1. The molecule has 0 saturated heterocycles. The number of benzene rings is 2. The van der Waals surface area contributed by atoms with Gasteiger partial charge < -0.3 is 14.8 Å². The zero-order valence-electron chi connectivity index (χ0n) is 11.8. The fourth-order valence-electron chi connectivity index (χ4n) is 1.98. The maximum atomic E-state index is 8.91. The third-order valence-corrected chi connectivity index (χ3v) is 3.54. The Labute approximate surface area is 132 Å². The molecule has 0 spiro atoms. The number of nitrogens with one attached hydrogen (secondary N) is 1. The van der Waals surface area contributed by atoms with Crippen LogP contribution in [0.1, 0.15) is 11.1 Å². The minimum atomic E-state index is 0.567. The van der Waals surface area contributed by atoms with Gasteiger partial charge in [-0.15, -0.1) is 0 Å². The van der Waals surface area contributed by atoms with E-state index in [0.29, 0.717) is 17.9 Å². The van der Waals surface area contributed by atoms with E-state index in [1.807, 2.05) is 24.3 Å². The Kier molecular flexibility index (Phi) is 5.07. The first kappa shape index (κ1) is 15.2. The van der Waals surface area contributed by atoms with Crippen LogP contribution in [0.5, 0.6) is 11.5 Å². The van der Waals surface area contributed by atoms with Crippen LogP contribution in [0.15, 0.2) is 40.9 Å². The first-order valence-corrected chi connectivity index (χ1v) is 7.11. The van der Waals surface area contributed by atoms with Gasteiger partial charge in [-0.05, 0) is 30.3 Å². The SMILES string of the molecule is COc1ccc(Br)cc1CNc1ccc(C#N)cc1OC. The summed E-state index contributed by atoms with van der Waals surface area (Å²) in [6.07, 6.45) is 0. The van der Waals surface area contributed by atoms with Crippen LogP contribution in [-0.4, -0.2) is 14.2 Å². The van der Waals surface area contributed by atoms with Crippen molar-refractivity contribution in [3.8, 4) is 17.6 Å². The summed E-state index contributed by atoms with van der Waals surface area (Å²) >= 11 is 3.45. The second-order valence-corrected chi connectivity index (χ2v) is 5.25. The van der Waals surface area contributed by atoms with E-state index >= 15 is 0 Å². The van der Waals surface area contributed by atoms with Crippen molar-refractivity contribution in [1.82, 2.24) is 0 Å². The maximum absolute atomic E-state index is 8.91. The van der Waals surface area contributed by atoms with Crippen molar-refractivity contribution in [3.63, 3.8) is 0 Å². The Morgan fingerprint density at radius 2 is 1.86 bits per heavy atom. The van der Waals surface area contributed by atoms with Crippen LogP contribution in [0, 0.1) is 11.3 Å². The Hall–Kier alpha value is -2.19. The van der Waals surface area contributed by atoms with Crippen LogP contribution in [0.2, 0.25) is 0 Å². The highest BCUT2D eigenvalue weighted by molar-refractivity contribution is 9.10. The summed E-state index contributed by atoms with van der Waals surface area (Å²) in [5.74, 6) is 1.46. The number of hydrogen-bond acceptors (Lipinski definition) is 4. The number of nitriles is 1. The molecule has 0 aliphatic rings. The van der Waals surface area contributed by atoms with Gasteiger partial charge in [-0.3, -0.25) is 0 Å². The van der Waals surface area contributed by atoms with E-state index in [4.69, 9.17) is 14.7 Å². The van der Waals surface area contributed by atoms with Crippen LogP contribution >= 0.6 is 15.9 Å². The number of ether oxygens (including phenoxy) is 2. The van der Waals surface area contributed by atoms with Gasteiger partial charge in [0.25, 0.3) is 0 Å². The average molecular weight is 347 g/mol. The zero-order chi connectivity index (χ0) is 15.2. The molecular weight excluding hydrogens is 332 g/mol. The van der Waals surface area contributed by atoms with Crippen molar-refractivity contribution in [2.75, 3.05) is 19.5 Å². The van der Waals surface area contributed by atoms with Gasteiger partial charge in [0.2, 0.25) is 0 Å². The molecule has 1 N–H and O–H groups in total. The molecule has 2 rings (SSSR count). The van der Waals surface area contributed by atoms with E-state index in [9.17, 15) is 0 Å². The molecule has 0 unspecified atom stereocenters. The molecule has 2 aromatic rings. The normalized spacial score (nSPS) is 9.81. The monoisotopic (exact) mass is 346 g/mol. The minimum Gasteiger partial charge on any atom is -0.496 e. The lowest BCUT2D eigenvalue weighted by atomic mass is 10.1. The molecule has 0 aliphatic heterocycles. The van der Waals surface area contributed by atoms with Gasteiger partial charge in [-0.1, -0.05) is 15.9 Å². The maximum Gasteiger partial charge on any atom is 0.143 e. The Morgan fingerprint density at radius 1 is 1.10 bits per heavy atom. The second kappa shape index (κ2) is 7.00. The second-order valence-electron chi connectivity index (χ2n) is 4.34. The molecule has 0 radical (unpaired) electrons. The van der Waals surface area contributed by atoms with Crippen molar-refractivity contribution in [3.05, 3.63) is 52.0 Å². The molecule has 2 aromatic carbocycles. The molecule has 0 saturated carbocycles. The fourth-order valence-corrected chi connectivity index (χ4v) is 2.39. The highest BCUT2D eigenvalue weighted by Crippen LogP contribution is 2.28. The van der Waals surface area contributed by atoms with Crippen LogP contribution in [-0.2, 0) is 6.54 Å². The quantitative estimate of drug-likeness (QED) is 0.890. The summed E-state index contributed by atoms with van der Waals surface area (Å²) in [5.41, 5.74) is 2.43. The molecule has 0 aliphatic carbocycles. The average Bonchev–Trinajstić information content (AvgIpc) is 2.52. The van der Waals surface area contributed by atoms with Crippen molar-refractivity contribution in [2.24, 2.45) is 0 Å². The third-order valence-electron chi connectivity index (χ3n) is 3.04. The van der Waals surface area contributed by atoms with E-state index in [1.54, 1.807) is 26.4 Å². The molecule has 0 heterocycles. The van der Waals surface area contributed by atoms with Crippen LogP contribution in [0.4, 0.5) is 5.69 Å². The van der Waals surface area contributed by atoms with Gasteiger partial charge in [0.15, 0.2) is 0 Å². The number of rotatable bonds is 5. The van der Waals surface area contributed by atoms with Gasteiger partial charge >= 0.3 is 0 Å². The van der Waals surface area contributed by atoms with Crippen molar-refractivity contribution in [1.29, 1.82) is 5.26 Å². The van der Waals surface area contributed by atoms with Gasteiger partial charge in [-0.2, -0.15) is 5.26 Å². The lowest BCUT2D eigenvalue weighted by Gasteiger charge is -2.13. The summed E-state index contributed by atoms with van der Waals surface area (Å²) in [5, 5.41) is 12.2. The third kappa shape index (κ3) is 3.67. The molecule has 21 heavy (non-hydrogen) atoms. The Balaban J connectivity index is 2.20. The molecule has 5 heteroatoms. The fraction of sp³-hybridized carbons (Fsp3) is 0.188. The number of anilines is 1. The largest absolute Gasteiger partial charge is 0.496 e. The summed E-state index contributed by atoms with van der Waals surface area (Å²) in [4.78, 5) is 0. The number of nitrogens with zero attached hydrogens (tertiary/aromatic N) is 1. The van der Waals surface area contributed by atoms with E-state index in [1.165, 1.54) is 0 Å². The highest BCUT2D eigenvalue weighted by atomic mass is 79.9. The van der Waals surface area contributed by atoms with Crippen LogP contribution in [0.25, 0.3) is 0 Å². The molecule has 0 fully saturated rings. The summed E-state index contributed by atoms with van der Waals surface area (Å²) in [6.45, 7) is 0.588. The van der Waals surface area contributed by atoms with Gasteiger partial charge in [0.05, 0.1) is 31.5 Å². The minimum absolute atomic E-state index is 0.567. The summed E-state index contributed by atoms with van der Waals surface area (Å²) in [6, 6.07) is 13.2. The van der Waals surface area contributed by atoms with E-state index in [2.05, 4.69) is 27.3 Å². The molecule has 0 atom stereocenters. The Morgan fingerprint density at radius 3 is 2.52 bits per heavy atom. The lowest BCUT2D eigenvalue weighted by molar-refractivity contribution is 0.409. The van der Waals surface area contributed by atoms with Gasteiger partial charge in [-0.25, -0.2) is 0 Å². The molecule has 108 valence electrons. The molecular formula is C16H15BrN2O2. The van der Waals surface area contributed by atoms with Gasteiger partial charge in [0.1, 0.15) is 11.5 Å². The molecule has 4 nitrogen and oxygen atoms in total. The number of methoxy groups -OCH3 is 2. The van der Waals surface area contributed by atoms with Crippen molar-refractivity contribution >= 4 is 21.6 Å². The zero-order valence-corrected chi connectivity index (χ0v) is 13.4. The predicted molar refractivity (Wildman–Crippen MR) is 85.7 cm³/mol. The van der Waals surface area contributed by atoms with Crippen LogP contribution < -0.4 is 14.8 Å². The number of hydrogen-bond donors (Lipinski definition) is 1. The molecule has 0 amide bonds. The smallest absolute Gasteiger partial charge is 0.143 e. The standard InChI is InChI=1S/C16H15BrN2O2/c1-20-15-6-4-13(17)8-12(15)10-19-14-5-3-11(9-18)7-16(14)21-2/h3-8,19H,10H2,1-2H3. The highest BCUT2D eigenvalue weighted by Gasteiger charge is 2.07. The van der Waals surface area contributed by atoms with E-state index < -0.39 is 0 Å². The van der Waals surface area contributed by atoms with Gasteiger partial charge in [0, 0.05) is 22.6 Å². The summed E-state index contributed by atoms with van der Waals surface area (Å²) in [7, 11) is 3.23. The predicted octanol–water partition coefficient (Wildman–Crippen LogP) is 3.95. The van der Waals surface area contributed by atoms with Crippen LogP contribution in [0.3, 0.4) is 0 Å². The topological polar surface area (TPSA) is 54.3 Å². The molecule has 0 bridgehead atoms. The molecule has 0 aromatic heterocycles. The first-order valence-electron chi connectivity index (χ1n) is 6.32. The van der Waals surface area contributed by atoms with E-state index in [0.717, 1.165) is 21.5 Å². The van der Waals surface area contributed by atoms with E-state index in [-0.39, 0.29) is 0 Å².